The van der Waals surface area contributed by atoms with E-state index in [1.165, 1.54) is 34.5 Å². The summed E-state index contributed by atoms with van der Waals surface area (Å²) in [5, 5.41) is 3.41. The van der Waals surface area contributed by atoms with Crippen LogP contribution in [0.4, 0.5) is 0 Å². The van der Waals surface area contributed by atoms with E-state index in [2.05, 4.69) is 27.4 Å². The fourth-order valence-electron chi connectivity index (χ4n) is 4.47. The van der Waals surface area contributed by atoms with Crippen molar-refractivity contribution in [3.63, 3.8) is 0 Å². The molecule has 0 aliphatic heterocycles. The summed E-state index contributed by atoms with van der Waals surface area (Å²) in [6.45, 7) is 7.98. The second-order valence-electron chi connectivity index (χ2n) is 9.34. The first-order chi connectivity index (χ1) is 16.2. The monoisotopic (exact) mass is 481 g/mol. The topological polar surface area (TPSA) is 98.9 Å². The maximum atomic E-state index is 13.2. The number of aromatic nitrogens is 4. The third-order valence-electron chi connectivity index (χ3n) is 6.15. The van der Waals surface area contributed by atoms with Gasteiger partial charge in [0.15, 0.2) is 5.65 Å². The van der Waals surface area contributed by atoms with Crippen LogP contribution in [0.1, 0.15) is 56.6 Å². The molecule has 0 fully saturated rings. The number of thioether (sulfide) groups is 1. The largest absolute Gasteiger partial charge is 0.348 e. The van der Waals surface area contributed by atoms with Crippen LogP contribution in [0.3, 0.4) is 0 Å². The minimum atomic E-state index is -0.484. The van der Waals surface area contributed by atoms with Gasteiger partial charge in [0, 0.05) is 13.6 Å². The Morgan fingerprint density at radius 2 is 1.94 bits per heavy atom. The molecule has 0 bridgehead atoms. The van der Waals surface area contributed by atoms with Crippen molar-refractivity contribution in [2.75, 3.05) is 0 Å². The summed E-state index contributed by atoms with van der Waals surface area (Å²) < 4.78 is 2.63. The van der Waals surface area contributed by atoms with Gasteiger partial charge >= 0.3 is 5.69 Å². The van der Waals surface area contributed by atoms with E-state index in [-0.39, 0.29) is 23.3 Å². The van der Waals surface area contributed by atoms with Gasteiger partial charge < -0.3 is 5.32 Å². The molecular weight excluding hydrogens is 450 g/mol. The molecule has 34 heavy (non-hydrogen) atoms. The van der Waals surface area contributed by atoms with Gasteiger partial charge in [-0.1, -0.05) is 49.9 Å². The van der Waals surface area contributed by atoms with Crippen molar-refractivity contribution in [1.29, 1.82) is 0 Å². The van der Waals surface area contributed by atoms with Gasteiger partial charge in [0.2, 0.25) is 5.91 Å². The number of carbonyl (C=O) groups excluding carboxylic acids is 1. The summed E-state index contributed by atoms with van der Waals surface area (Å²) in [6, 6.07) is 8.21. The molecule has 1 aliphatic carbocycles. The van der Waals surface area contributed by atoms with Crippen LogP contribution in [0, 0.1) is 12.8 Å². The van der Waals surface area contributed by atoms with Crippen LogP contribution in [0.2, 0.25) is 0 Å². The zero-order valence-corrected chi connectivity index (χ0v) is 21.1. The zero-order chi connectivity index (χ0) is 24.6. The van der Waals surface area contributed by atoms with Gasteiger partial charge in [0.1, 0.15) is 16.2 Å². The van der Waals surface area contributed by atoms with Gasteiger partial charge in [-0.05, 0) is 50.2 Å². The predicted octanol–water partition coefficient (Wildman–Crippen LogP) is 3.13. The van der Waals surface area contributed by atoms with Crippen LogP contribution in [0.15, 0.2) is 38.9 Å². The normalized spacial score (nSPS) is 16.5. The molecule has 0 saturated carbocycles. The minimum absolute atomic E-state index is 0.0199. The highest BCUT2D eigenvalue weighted by atomic mass is 32.2. The molecular formula is C25H31N5O3S. The molecule has 1 N–H and O–H groups in total. The molecule has 9 heteroatoms. The summed E-state index contributed by atoms with van der Waals surface area (Å²) in [5.41, 5.74) is 1.93. The van der Waals surface area contributed by atoms with E-state index in [1.807, 2.05) is 32.9 Å². The number of fused-ring (bicyclic) bond motifs is 2. The molecule has 0 saturated heterocycles. The Morgan fingerprint density at radius 1 is 1.21 bits per heavy atom. The average Bonchev–Trinajstić information content (AvgIpc) is 2.80. The average molecular weight is 482 g/mol. The Morgan fingerprint density at radius 3 is 2.68 bits per heavy atom. The van der Waals surface area contributed by atoms with Gasteiger partial charge in [0.25, 0.3) is 5.56 Å². The van der Waals surface area contributed by atoms with Crippen molar-refractivity contribution >= 4 is 28.7 Å². The maximum absolute atomic E-state index is 13.2. The van der Waals surface area contributed by atoms with Crippen molar-refractivity contribution in [2.45, 2.75) is 69.8 Å². The van der Waals surface area contributed by atoms with E-state index >= 15 is 0 Å². The first-order valence-electron chi connectivity index (χ1n) is 11.7. The SMILES string of the molecule is Cc1nc(SC(C)C(=O)NC2CCCc3ccccc32)c2c(=O)n(C)c(=O)n(CC(C)C)c2n1. The first-order valence-corrected chi connectivity index (χ1v) is 12.6. The van der Waals surface area contributed by atoms with Gasteiger partial charge in [-0.25, -0.2) is 14.8 Å². The van der Waals surface area contributed by atoms with E-state index in [0.29, 0.717) is 23.0 Å². The Kier molecular flexibility index (Phi) is 6.93. The fraction of sp³-hybridized carbons (Fsp3) is 0.480. The minimum Gasteiger partial charge on any atom is -0.348 e. The van der Waals surface area contributed by atoms with E-state index in [4.69, 9.17) is 0 Å². The summed E-state index contributed by atoms with van der Waals surface area (Å²) in [4.78, 5) is 48.0. The lowest BCUT2D eigenvalue weighted by Crippen LogP contribution is -2.40. The van der Waals surface area contributed by atoms with Gasteiger partial charge in [-0.2, -0.15) is 0 Å². The van der Waals surface area contributed by atoms with Crippen molar-refractivity contribution < 1.29 is 4.79 Å². The Labute approximate surface area is 202 Å². The lowest BCUT2D eigenvalue weighted by atomic mass is 9.88. The summed E-state index contributed by atoms with van der Waals surface area (Å²) in [7, 11) is 1.46. The third-order valence-corrected chi connectivity index (χ3v) is 7.24. The number of aryl methyl sites for hydroxylation is 2. The second kappa shape index (κ2) is 9.74. The Bertz CT molecular complexity index is 1360. The summed E-state index contributed by atoms with van der Waals surface area (Å²) in [6.07, 6.45) is 2.96. The lowest BCUT2D eigenvalue weighted by molar-refractivity contribution is -0.121. The number of hydrogen-bond acceptors (Lipinski definition) is 6. The molecule has 1 aliphatic rings. The van der Waals surface area contributed by atoms with Gasteiger partial charge in [-0.15, -0.1) is 0 Å². The van der Waals surface area contributed by atoms with Crippen LogP contribution in [0.5, 0.6) is 0 Å². The zero-order valence-electron chi connectivity index (χ0n) is 20.3. The highest BCUT2D eigenvalue weighted by Gasteiger charge is 2.26. The van der Waals surface area contributed by atoms with Crippen molar-refractivity contribution in [2.24, 2.45) is 13.0 Å². The number of benzene rings is 1. The Hall–Kier alpha value is -2.94. The number of hydrogen-bond donors (Lipinski definition) is 1. The van der Waals surface area contributed by atoms with Crippen molar-refractivity contribution in [1.82, 2.24) is 24.4 Å². The molecule has 0 spiro atoms. The van der Waals surface area contributed by atoms with Crippen LogP contribution in [0.25, 0.3) is 11.0 Å². The van der Waals surface area contributed by atoms with E-state index in [0.717, 1.165) is 23.8 Å². The molecule has 2 heterocycles. The molecule has 4 rings (SSSR count). The molecule has 3 aromatic rings. The second-order valence-corrected chi connectivity index (χ2v) is 10.7. The maximum Gasteiger partial charge on any atom is 0.332 e. The quantitative estimate of drug-likeness (QED) is 0.429. The lowest BCUT2D eigenvalue weighted by Gasteiger charge is -2.27. The highest BCUT2D eigenvalue weighted by molar-refractivity contribution is 8.00. The summed E-state index contributed by atoms with van der Waals surface area (Å²) in [5.74, 6) is 0.533. The van der Waals surface area contributed by atoms with E-state index in [1.54, 1.807) is 6.92 Å². The standard InChI is InChI=1S/C25H31N5O3S/c1-14(2)13-30-21-20(24(32)29(5)25(30)33)23(27-16(4)26-21)34-15(3)22(31)28-19-12-8-10-17-9-6-7-11-18(17)19/h6-7,9,11,14-15,19H,8,10,12-13H2,1-5H3,(H,28,31). The van der Waals surface area contributed by atoms with E-state index < -0.39 is 16.5 Å². The van der Waals surface area contributed by atoms with Crippen LogP contribution in [-0.4, -0.2) is 30.3 Å². The first kappa shape index (κ1) is 24.2. The van der Waals surface area contributed by atoms with Crippen LogP contribution in [-0.2, 0) is 24.8 Å². The van der Waals surface area contributed by atoms with Crippen LogP contribution >= 0.6 is 11.8 Å². The van der Waals surface area contributed by atoms with Crippen LogP contribution < -0.4 is 16.6 Å². The van der Waals surface area contributed by atoms with Gasteiger partial charge in [0.05, 0.1) is 11.3 Å². The number of nitrogens with zero attached hydrogens (tertiary/aromatic N) is 4. The van der Waals surface area contributed by atoms with Gasteiger partial charge in [-0.3, -0.25) is 18.7 Å². The number of nitrogens with one attached hydrogen (secondary N) is 1. The number of carbonyl (C=O) groups is 1. The van der Waals surface area contributed by atoms with E-state index in [9.17, 15) is 14.4 Å². The fourth-order valence-corrected chi connectivity index (χ4v) is 5.46. The smallest absolute Gasteiger partial charge is 0.332 e. The molecule has 2 aromatic heterocycles. The highest BCUT2D eigenvalue weighted by Crippen LogP contribution is 2.31. The molecule has 180 valence electrons. The molecule has 0 radical (unpaired) electrons. The summed E-state index contributed by atoms with van der Waals surface area (Å²) >= 11 is 1.23. The predicted molar refractivity (Wildman–Crippen MR) is 134 cm³/mol. The molecule has 1 amide bonds. The van der Waals surface area contributed by atoms with Crippen molar-refractivity contribution in [3.05, 3.63) is 62.1 Å². The molecule has 2 atom stereocenters. The molecule has 2 unspecified atom stereocenters. The third kappa shape index (κ3) is 4.66. The Balaban J connectivity index is 1.67. The van der Waals surface area contributed by atoms with Crippen molar-refractivity contribution in [3.8, 4) is 0 Å². The number of rotatable bonds is 6. The molecule has 1 aromatic carbocycles. The number of amides is 1. The molecule has 8 nitrogen and oxygen atoms in total.